The molecule has 6 nitrogen and oxygen atoms in total. The predicted molar refractivity (Wildman–Crippen MR) is 91.3 cm³/mol. The number of hydrogen-bond acceptors (Lipinski definition) is 6. The smallest absolute Gasteiger partial charge is 0.254 e. The molecule has 3 heterocycles. The number of amides is 1. The zero-order valence-electron chi connectivity index (χ0n) is 13.2. The monoisotopic (exact) mass is 340 g/mol. The molecule has 24 heavy (non-hydrogen) atoms. The molecule has 122 valence electrons. The molecule has 1 saturated heterocycles. The molecular weight excluding hydrogens is 324 g/mol. The van der Waals surface area contributed by atoms with E-state index in [0.717, 1.165) is 22.3 Å². The third-order valence-corrected chi connectivity index (χ3v) is 4.86. The number of hydrogen-bond donors (Lipinski definition) is 0. The summed E-state index contributed by atoms with van der Waals surface area (Å²) < 4.78 is 6.86. The van der Waals surface area contributed by atoms with E-state index in [4.69, 9.17) is 4.74 Å². The highest BCUT2D eigenvalue weighted by Gasteiger charge is 2.28. The molecule has 0 spiro atoms. The molecule has 0 N–H and O–H groups in total. The van der Waals surface area contributed by atoms with Crippen molar-refractivity contribution in [3.63, 3.8) is 0 Å². The number of carbonyl (C=O) groups excluding carboxylic acids is 1. The van der Waals surface area contributed by atoms with Crippen LogP contribution in [0.4, 0.5) is 0 Å². The van der Waals surface area contributed by atoms with E-state index in [9.17, 15) is 4.79 Å². The van der Waals surface area contributed by atoms with Gasteiger partial charge in [-0.3, -0.25) is 4.79 Å². The van der Waals surface area contributed by atoms with Gasteiger partial charge in [0.25, 0.3) is 5.91 Å². The van der Waals surface area contributed by atoms with Gasteiger partial charge in [0.05, 0.1) is 28.0 Å². The summed E-state index contributed by atoms with van der Waals surface area (Å²) >= 11 is 1.54. The van der Waals surface area contributed by atoms with E-state index < -0.39 is 0 Å². The maximum atomic E-state index is 12.7. The van der Waals surface area contributed by atoms with Crippen LogP contribution in [0.15, 0.2) is 35.8 Å². The van der Waals surface area contributed by atoms with E-state index in [-0.39, 0.29) is 12.0 Å². The second-order valence-corrected chi connectivity index (χ2v) is 6.71. The number of benzene rings is 1. The Labute approximate surface area is 143 Å². The summed E-state index contributed by atoms with van der Waals surface area (Å²) in [4.78, 5) is 18.8. The molecule has 1 unspecified atom stereocenters. The Bertz CT molecular complexity index is 878. The number of aromatic nitrogens is 3. The first-order valence-electron chi connectivity index (χ1n) is 7.78. The van der Waals surface area contributed by atoms with Gasteiger partial charge in [0.1, 0.15) is 6.10 Å². The minimum Gasteiger partial charge on any atom is -0.471 e. The Morgan fingerprint density at radius 2 is 2.21 bits per heavy atom. The summed E-state index contributed by atoms with van der Waals surface area (Å²) in [6.07, 6.45) is 0.752. The lowest BCUT2D eigenvalue weighted by Gasteiger charge is -2.17. The van der Waals surface area contributed by atoms with Gasteiger partial charge in [-0.25, -0.2) is 4.98 Å². The summed E-state index contributed by atoms with van der Waals surface area (Å²) in [5.74, 6) is 0.539. The number of thiazole rings is 1. The molecule has 0 radical (unpaired) electrons. The van der Waals surface area contributed by atoms with Crippen molar-refractivity contribution in [1.82, 2.24) is 20.1 Å². The molecule has 0 bridgehead atoms. The summed E-state index contributed by atoms with van der Waals surface area (Å²) in [5.41, 5.74) is 4.27. The first kappa shape index (κ1) is 15.0. The quantitative estimate of drug-likeness (QED) is 0.733. The number of nitrogens with zero attached hydrogens (tertiary/aromatic N) is 4. The Morgan fingerprint density at radius 3 is 3.04 bits per heavy atom. The fourth-order valence-electron chi connectivity index (χ4n) is 2.80. The Hall–Kier alpha value is -2.54. The first-order valence-corrected chi connectivity index (χ1v) is 8.66. The average Bonchev–Trinajstić information content (AvgIpc) is 3.24. The van der Waals surface area contributed by atoms with Gasteiger partial charge in [0.15, 0.2) is 0 Å². The first-order chi connectivity index (χ1) is 11.7. The normalized spacial score (nSPS) is 17.4. The van der Waals surface area contributed by atoms with Crippen LogP contribution in [-0.2, 0) is 0 Å². The fourth-order valence-corrected chi connectivity index (χ4v) is 3.52. The minimum atomic E-state index is -0.0434. The molecule has 0 saturated carbocycles. The summed E-state index contributed by atoms with van der Waals surface area (Å²) in [7, 11) is 0. The summed E-state index contributed by atoms with van der Waals surface area (Å²) in [5, 5.41) is 8.00. The van der Waals surface area contributed by atoms with Crippen LogP contribution in [-0.4, -0.2) is 45.2 Å². The number of ether oxygens (including phenoxy) is 1. The van der Waals surface area contributed by atoms with Gasteiger partial charge in [-0.2, -0.15) is 5.10 Å². The molecule has 0 aliphatic carbocycles. The van der Waals surface area contributed by atoms with Crippen molar-refractivity contribution in [2.75, 3.05) is 13.1 Å². The topological polar surface area (TPSA) is 68.2 Å². The second-order valence-electron chi connectivity index (χ2n) is 5.83. The van der Waals surface area contributed by atoms with Crippen LogP contribution in [0.25, 0.3) is 10.2 Å². The van der Waals surface area contributed by atoms with Crippen molar-refractivity contribution < 1.29 is 9.53 Å². The lowest BCUT2D eigenvalue weighted by Crippen LogP contribution is -2.31. The lowest BCUT2D eigenvalue weighted by atomic mass is 10.2. The van der Waals surface area contributed by atoms with Gasteiger partial charge in [-0.05, 0) is 31.2 Å². The third-order valence-electron chi connectivity index (χ3n) is 4.07. The van der Waals surface area contributed by atoms with Crippen molar-refractivity contribution >= 4 is 27.5 Å². The highest BCUT2D eigenvalue weighted by Crippen LogP contribution is 2.22. The zero-order valence-corrected chi connectivity index (χ0v) is 14.0. The largest absolute Gasteiger partial charge is 0.471 e. The van der Waals surface area contributed by atoms with Gasteiger partial charge in [0.2, 0.25) is 5.88 Å². The Morgan fingerprint density at radius 1 is 1.29 bits per heavy atom. The van der Waals surface area contributed by atoms with Crippen molar-refractivity contribution in [2.24, 2.45) is 0 Å². The molecule has 7 heteroatoms. The lowest BCUT2D eigenvalue weighted by molar-refractivity contribution is 0.0771. The molecule has 1 aliphatic heterocycles. The molecule has 4 rings (SSSR count). The number of carbonyl (C=O) groups is 1. The van der Waals surface area contributed by atoms with Gasteiger partial charge >= 0.3 is 0 Å². The number of fused-ring (bicyclic) bond motifs is 1. The van der Waals surface area contributed by atoms with Gasteiger partial charge in [0, 0.05) is 24.6 Å². The molecule has 3 aromatic rings. The van der Waals surface area contributed by atoms with Gasteiger partial charge in [-0.15, -0.1) is 16.4 Å². The van der Waals surface area contributed by atoms with Crippen molar-refractivity contribution in [1.29, 1.82) is 0 Å². The van der Waals surface area contributed by atoms with Gasteiger partial charge in [-0.1, -0.05) is 0 Å². The SMILES string of the molecule is Cc1ccc(OC2CCN(C(=O)c3ccc4ncsc4c3)C2)nn1. The second kappa shape index (κ2) is 6.16. The average molecular weight is 340 g/mol. The van der Waals surface area contributed by atoms with Crippen molar-refractivity contribution in [2.45, 2.75) is 19.4 Å². The van der Waals surface area contributed by atoms with Crippen LogP contribution in [0.3, 0.4) is 0 Å². The number of likely N-dealkylation sites (tertiary alicyclic amines) is 1. The standard InChI is InChI=1S/C17H16N4O2S/c1-11-2-5-16(20-19-11)23-13-6-7-21(9-13)17(22)12-3-4-14-15(8-12)24-10-18-14/h2-5,8,10,13H,6-7,9H2,1H3. The fraction of sp³-hybridized carbons (Fsp3) is 0.294. The van der Waals surface area contributed by atoms with E-state index in [1.54, 1.807) is 16.8 Å². The molecule has 2 aromatic heterocycles. The van der Waals surface area contributed by atoms with Crippen LogP contribution in [0.1, 0.15) is 22.5 Å². The molecule has 1 aliphatic rings. The molecule has 1 fully saturated rings. The van der Waals surface area contributed by atoms with Crippen LogP contribution in [0, 0.1) is 6.92 Å². The number of aryl methyl sites for hydroxylation is 1. The Kier molecular flexibility index (Phi) is 3.86. The maximum absolute atomic E-state index is 12.7. The molecule has 1 aromatic carbocycles. The highest BCUT2D eigenvalue weighted by atomic mass is 32.1. The maximum Gasteiger partial charge on any atom is 0.254 e. The van der Waals surface area contributed by atoms with E-state index in [2.05, 4.69) is 15.2 Å². The van der Waals surface area contributed by atoms with Crippen molar-refractivity contribution in [3.05, 3.63) is 47.1 Å². The summed E-state index contributed by atoms with van der Waals surface area (Å²) in [6, 6.07) is 9.32. The predicted octanol–water partition coefficient (Wildman–Crippen LogP) is 2.69. The molecule has 1 amide bonds. The van der Waals surface area contributed by atoms with Crippen molar-refractivity contribution in [3.8, 4) is 5.88 Å². The van der Waals surface area contributed by atoms with E-state index in [0.29, 0.717) is 24.5 Å². The summed E-state index contributed by atoms with van der Waals surface area (Å²) in [6.45, 7) is 3.13. The van der Waals surface area contributed by atoms with Crippen LogP contribution < -0.4 is 4.74 Å². The minimum absolute atomic E-state index is 0.0337. The Balaban J connectivity index is 1.43. The van der Waals surface area contributed by atoms with E-state index in [1.807, 2.05) is 42.2 Å². The highest BCUT2D eigenvalue weighted by molar-refractivity contribution is 7.16. The number of rotatable bonds is 3. The molecule has 1 atom stereocenters. The van der Waals surface area contributed by atoms with E-state index >= 15 is 0 Å². The third kappa shape index (κ3) is 2.94. The van der Waals surface area contributed by atoms with Crippen LogP contribution >= 0.6 is 11.3 Å². The van der Waals surface area contributed by atoms with Crippen LogP contribution in [0.2, 0.25) is 0 Å². The van der Waals surface area contributed by atoms with E-state index in [1.165, 1.54) is 0 Å². The molecular formula is C17H16N4O2S. The van der Waals surface area contributed by atoms with Crippen LogP contribution in [0.5, 0.6) is 5.88 Å². The zero-order chi connectivity index (χ0) is 16.5. The van der Waals surface area contributed by atoms with Gasteiger partial charge < -0.3 is 9.64 Å².